The minimum atomic E-state index is 0.125. The van der Waals surface area contributed by atoms with Crippen LogP contribution in [-0.2, 0) is 13.1 Å². The molecule has 1 aliphatic heterocycles. The minimum absolute atomic E-state index is 0.125. The maximum Gasteiger partial charge on any atom is 0.191 e. The van der Waals surface area contributed by atoms with Gasteiger partial charge in [-0.2, -0.15) is 0 Å². The molecule has 0 bridgehead atoms. The first-order valence-corrected chi connectivity index (χ1v) is 9.20. The van der Waals surface area contributed by atoms with Gasteiger partial charge in [0.05, 0.1) is 0 Å². The molecule has 1 saturated heterocycles. The highest BCUT2D eigenvalue weighted by atomic mass is 15.3. The third-order valence-corrected chi connectivity index (χ3v) is 4.66. The first-order chi connectivity index (χ1) is 11.6. The molecule has 7 nitrogen and oxygen atoms in total. The summed E-state index contributed by atoms with van der Waals surface area (Å²) < 4.78 is 2.02. The number of hydrogen-bond donors (Lipinski definition) is 2. The zero-order valence-electron chi connectivity index (χ0n) is 15.7. The van der Waals surface area contributed by atoms with Gasteiger partial charge in [-0.15, -0.1) is 10.2 Å². The largest absolute Gasteiger partial charge is 0.357 e. The molecule has 136 valence electrons. The van der Waals surface area contributed by atoms with Crippen molar-refractivity contribution in [2.45, 2.75) is 65.6 Å². The smallest absolute Gasteiger partial charge is 0.191 e. The maximum absolute atomic E-state index is 4.67. The van der Waals surface area contributed by atoms with E-state index in [-0.39, 0.29) is 5.54 Å². The average molecular weight is 336 g/mol. The Hall–Kier alpha value is -1.63. The summed E-state index contributed by atoms with van der Waals surface area (Å²) in [7, 11) is 0. The molecule has 2 rings (SSSR count). The lowest BCUT2D eigenvalue weighted by atomic mass is 9.98. The van der Waals surface area contributed by atoms with E-state index in [0.29, 0.717) is 6.54 Å². The Morgan fingerprint density at radius 3 is 2.62 bits per heavy atom. The predicted octanol–water partition coefficient (Wildman–Crippen LogP) is 1.62. The van der Waals surface area contributed by atoms with Crippen molar-refractivity contribution in [3.05, 3.63) is 12.2 Å². The van der Waals surface area contributed by atoms with Crippen LogP contribution in [0.5, 0.6) is 0 Å². The van der Waals surface area contributed by atoms with E-state index in [1.165, 1.54) is 32.4 Å². The van der Waals surface area contributed by atoms with Crippen LogP contribution < -0.4 is 10.6 Å². The van der Waals surface area contributed by atoms with Crippen LogP contribution in [0.25, 0.3) is 0 Å². The van der Waals surface area contributed by atoms with Crippen molar-refractivity contribution in [1.82, 2.24) is 30.3 Å². The van der Waals surface area contributed by atoms with E-state index in [4.69, 9.17) is 0 Å². The molecular formula is C17H33N7. The fraction of sp³-hybridized carbons (Fsp3) is 0.824. The number of piperidine rings is 1. The van der Waals surface area contributed by atoms with Crippen molar-refractivity contribution in [2.75, 3.05) is 26.2 Å². The summed E-state index contributed by atoms with van der Waals surface area (Å²) in [6.07, 6.45) is 5.74. The van der Waals surface area contributed by atoms with Crippen LogP contribution in [0.2, 0.25) is 0 Å². The monoisotopic (exact) mass is 335 g/mol. The molecule has 1 aliphatic rings. The van der Waals surface area contributed by atoms with Crippen molar-refractivity contribution in [2.24, 2.45) is 4.99 Å². The molecule has 0 radical (unpaired) electrons. The van der Waals surface area contributed by atoms with Gasteiger partial charge in [0.15, 0.2) is 11.8 Å². The van der Waals surface area contributed by atoms with Gasteiger partial charge < -0.3 is 15.2 Å². The molecule has 2 N–H and O–H groups in total. The van der Waals surface area contributed by atoms with E-state index in [2.05, 4.69) is 58.4 Å². The predicted molar refractivity (Wildman–Crippen MR) is 98.0 cm³/mol. The number of guanidine groups is 1. The van der Waals surface area contributed by atoms with Gasteiger partial charge in [-0.1, -0.05) is 6.42 Å². The third kappa shape index (κ3) is 5.19. The molecule has 7 heteroatoms. The zero-order chi connectivity index (χ0) is 17.4. The molecule has 1 fully saturated rings. The summed E-state index contributed by atoms with van der Waals surface area (Å²) in [6.45, 7) is 14.3. The molecule has 0 spiro atoms. The molecule has 24 heavy (non-hydrogen) atoms. The molecule has 0 unspecified atom stereocenters. The van der Waals surface area contributed by atoms with E-state index in [0.717, 1.165) is 31.4 Å². The second kappa shape index (κ2) is 9.01. The lowest BCUT2D eigenvalue weighted by molar-refractivity contribution is 0.0982. The van der Waals surface area contributed by atoms with Crippen LogP contribution in [0.15, 0.2) is 11.3 Å². The lowest BCUT2D eigenvalue weighted by Crippen LogP contribution is -2.54. The summed E-state index contributed by atoms with van der Waals surface area (Å²) in [6, 6.07) is 0. The van der Waals surface area contributed by atoms with E-state index < -0.39 is 0 Å². The fourth-order valence-electron chi connectivity index (χ4n) is 3.07. The summed E-state index contributed by atoms with van der Waals surface area (Å²) in [4.78, 5) is 7.25. The summed E-state index contributed by atoms with van der Waals surface area (Å²) in [5, 5.41) is 14.9. The van der Waals surface area contributed by atoms with E-state index in [1.807, 2.05) is 4.57 Å². The molecule has 1 aromatic heterocycles. The Balaban J connectivity index is 1.93. The Morgan fingerprint density at radius 2 is 1.96 bits per heavy atom. The normalized spacial score (nSPS) is 17.1. The average Bonchev–Trinajstić information content (AvgIpc) is 3.06. The molecule has 0 saturated carbocycles. The number of nitrogens with one attached hydrogen (secondary N) is 2. The number of aryl methyl sites for hydroxylation is 1. The van der Waals surface area contributed by atoms with Crippen molar-refractivity contribution < 1.29 is 0 Å². The number of rotatable bonds is 7. The standard InChI is InChI=1S/C17H33N7/c1-5-18-16(19-12-15-22-21-14-23(15)6-2)20-13-17(3,4)24-10-8-7-9-11-24/h14H,5-13H2,1-4H3,(H2,18,19,20). The third-order valence-electron chi connectivity index (χ3n) is 4.66. The van der Waals surface area contributed by atoms with Gasteiger partial charge >= 0.3 is 0 Å². The van der Waals surface area contributed by atoms with Gasteiger partial charge in [0.2, 0.25) is 0 Å². The second-order valence-corrected chi connectivity index (χ2v) is 6.94. The Bertz CT molecular complexity index is 515. The van der Waals surface area contributed by atoms with Crippen LogP contribution in [0.3, 0.4) is 0 Å². The second-order valence-electron chi connectivity index (χ2n) is 6.94. The summed E-state index contributed by atoms with van der Waals surface area (Å²) >= 11 is 0. The highest BCUT2D eigenvalue weighted by Gasteiger charge is 2.27. The molecular weight excluding hydrogens is 302 g/mol. The van der Waals surface area contributed by atoms with Crippen LogP contribution in [0.1, 0.15) is 52.8 Å². The van der Waals surface area contributed by atoms with E-state index >= 15 is 0 Å². The van der Waals surface area contributed by atoms with Gasteiger partial charge in [-0.25, -0.2) is 4.99 Å². The Labute approximate surface area is 145 Å². The lowest BCUT2D eigenvalue weighted by Gasteiger charge is -2.41. The van der Waals surface area contributed by atoms with Crippen LogP contribution in [-0.4, -0.2) is 57.3 Å². The highest BCUT2D eigenvalue weighted by Crippen LogP contribution is 2.19. The molecule has 0 aliphatic carbocycles. The molecule has 0 aromatic carbocycles. The van der Waals surface area contributed by atoms with Crippen molar-refractivity contribution in [1.29, 1.82) is 0 Å². The fourth-order valence-corrected chi connectivity index (χ4v) is 3.07. The van der Waals surface area contributed by atoms with E-state index in [9.17, 15) is 0 Å². The number of aliphatic imine (C=N–C) groups is 1. The van der Waals surface area contributed by atoms with Gasteiger partial charge in [0.25, 0.3) is 0 Å². The van der Waals surface area contributed by atoms with Crippen LogP contribution in [0.4, 0.5) is 0 Å². The number of aromatic nitrogens is 3. The summed E-state index contributed by atoms with van der Waals surface area (Å²) in [5.41, 5.74) is 0.125. The number of nitrogens with zero attached hydrogens (tertiary/aromatic N) is 5. The molecule has 0 atom stereocenters. The van der Waals surface area contributed by atoms with Crippen LogP contribution >= 0.6 is 0 Å². The van der Waals surface area contributed by atoms with Crippen molar-refractivity contribution in [3.8, 4) is 0 Å². The highest BCUT2D eigenvalue weighted by molar-refractivity contribution is 5.79. The minimum Gasteiger partial charge on any atom is -0.357 e. The SMILES string of the molecule is CCNC(=NCc1nncn1CC)NCC(C)(C)N1CCCCC1. The number of hydrogen-bond acceptors (Lipinski definition) is 4. The molecule has 1 aromatic rings. The Kier molecular flexibility index (Phi) is 7.02. The van der Waals surface area contributed by atoms with Gasteiger partial charge in [0.1, 0.15) is 12.9 Å². The van der Waals surface area contributed by atoms with Crippen LogP contribution in [0, 0.1) is 0 Å². The Morgan fingerprint density at radius 1 is 1.21 bits per heavy atom. The zero-order valence-corrected chi connectivity index (χ0v) is 15.7. The molecule has 0 amide bonds. The maximum atomic E-state index is 4.67. The van der Waals surface area contributed by atoms with Gasteiger partial charge in [-0.05, 0) is 53.6 Å². The van der Waals surface area contributed by atoms with Gasteiger partial charge in [0, 0.05) is 25.2 Å². The van der Waals surface area contributed by atoms with Crippen molar-refractivity contribution >= 4 is 5.96 Å². The quantitative estimate of drug-likeness (QED) is 0.585. The topological polar surface area (TPSA) is 70.4 Å². The van der Waals surface area contributed by atoms with Crippen molar-refractivity contribution in [3.63, 3.8) is 0 Å². The van der Waals surface area contributed by atoms with Gasteiger partial charge in [-0.3, -0.25) is 4.90 Å². The summed E-state index contributed by atoms with van der Waals surface area (Å²) in [5.74, 6) is 1.73. The first kappa shape index (κ1) is 18.7. The van der Waals surface area contributed by atoms with E-state index in [1.54, 1.807) is 6.33 Å². The number of likely N-dealkylation sites (tertiary alicyclic amines) is 1. The first-order valence-electron chi connectivity index (χ1n) is 9.20. The molecule has 2 heterocycles.